The second-order valence-electron chi connectivity index (χ2n) is 4.84. The third-order valence-corrected chi connectivity index (χ3v) is 3.66. The summed E-state index contributed by atoms with van der Waals surface area (Å²) in [7, 11) is 1.38. The largest absolute Gasteiger partial charge is 0.467 e. The number of piperidine rings is 1. The minimum atomic E-state index is -0.352. The Bertz CT molecular complexity index is 300. The molecule has 0 saturated carbocycles. The summed E-state index contributed by atoms with van der Waals surface area (Å²) in [5, 5.41) is 3.33. The highest BCUT2D eigenvalue weighted by molar-refractivity contribution is 5.88. The SMILES string of the molecule is COC(=O)C1CCC(=O)N1CC1CCCNC1. The number of carbonyl (C=O) groups is 2. The molecule has 2 unspecified atom stereocenters. The topological polar surface area (TPSA) is 58.6 Å². The number of esters is 1. The molecule has 96 valence electrons. The van der Waals surface area contributed by atoms with Gasteiger partial charge in [0, 0.05) is 13.0 Å². The molecule has 0 aromatic heterocycles. The van der Waals surface area contributed by atoms with Gasteiger partial charge in [0.2, 0.25) is 5.91 Å². The van der Waals surface area contributed by atoms with Crippen LogP contribution in [0.15, 0.2) is 0 Å². The Hall–Kier alpha value is -1.10. The lowest BCUT2D eigenvalue weighted by Crippen LogP contribution is -2.45. The highest BCUT2D eigenvalue weighted by Crippen LogP contribution is 2.23. The number of nitrogens with one attached hydrogen (secondary N) is 1. The zero-order chi connectivity index (χ0) is 12.3. The number of likely N-dealkylation sites (tertiary alicyclic amines) is 1. The molecule has 2 rings (SSSR count). The van der Waals surface area contributed by atoms with E-state index in [0.717, 1.165) is 25.9 Å². The first-order chi connectivity index (χ1) is 8.22. The molecule has 1 N–H and O–H groups in total. The highest BCUT2D eigenvalue weighted by Gasteiger charge is 2.37. The van der Waals surface area contributed by atoms with E-state index < -0.39 is 0 Å². The van der Waals surface area contributed by atoms with Crippen molar-refractivity contribution in [2.75, 3.05) is 26.7 Å². The third-order valence-electron chi connectivity index (χ3n) is 3.66. The van der Waals surface area contributed by atoms with E-state index in [9.17, 15) is 9.59 Å². The maximum Gasteiger partial charge on any atom is 0.328 e. The van der Waals surface area contributed by atoms with Gasteiger partial charge in [0.15, 0.2) is 0 Å². The summed E-state index contributed by atoms with van der Waals surface area (Å²) in [6.45, 7) is 2.69. The minimum Gasteiger partial charge on any atom is -0.467 e. The number of hydrogen-bond acceptors (Lipinski definition) is 4. The molecule has 17 heavy (non-hydrogen) atoms. The molecule has 1 amide bonds. The van der Waals surface area contributed by atoms with Crippen LogP contribution in [0, 0.1) is 5.92 Å². The van der Waals surface area contributed by atoms with Crippen LogP contribution in [0.25, 0.3) is 0 Å². The Morgan fingerprint density at radius 1 is 1.53 bits per heavy atom. The van der Waals surface area contributed by atoms with Crippen molar-refractivity contribution in [2.24, 2.45) is 5.92 Å². The van der Waals surface area contributed by atoms with Crippen molar-refractivity contribution in [3.05, 3.63) is 0 Å². The van der Waals surface area contributed by atoms with Gasteiger partial charge in [-0.3, -0.25) is 4.79 Å². The van der Waals surface area contributed by atoms with Crippen molar-refractivity contribution in [3.8, 4) is 0 Å². The highest BCUT2D eigenvalue weighted by atomic mass is 16.5. The van der Waals surface area contributed by atoms with Gasteiger partial charge in [-0.05, 0) is 38.3 Å². The predicted octanol–water partition coefficient (Wildman–Crippen LogP) is 0.150. The molecule has 2 aliphatic heterocycles. The lowest BCUT2D eigenvalue weighted by Gasteiger charge is -2.30. The number of carbonyl (C=O) groups excluding carboxylic acids is 2. The molecule has 0 spiro atoms. The van der Waals surface area contributed by atoms with E-state index in [-0.39, 0.29) is 17.9 Å². The molecule has 2 heterocycles. The van der Waals surface area contributed by atoms with Gasteiger partial charge in [0.05, 0.1) is 7.11 Å². The molecule has 2 atom stereocenters. The van der Waals surface area contributed by atoms with E-state index in [2.05, 4.69) is 5.32 Å². The van der Waals surface area contributed by atoms with Gasteiger partial charge in [-0.2, -0.15) is 0 Å². The van der Waals surface area contributed by atoms with Crippen LogP contribution < -0.4 is 5.32 Å². The van der Waals surface area contributed by atoms with Gasteiger partial charge in [-0.25, -0.2) is 4.79 Å². The number of rotatable bonds is 3. The Morgan fingerprint density at radius 3 is 3.00 bits per heavy atom. The van der Waals surface area contributed by atoms with E-state index in [0.29, 0.717) is 25.3 Å². The Kier molecular flexibility index (Phi) is 3.99. The fourth-order valence-electron chi connectivity index (χ4n) is 2.70. The lowest BCUT2D eigenvalue weighted by atomic mass is 9.99. The standard InChI is InChI=1S/C12H20N2O3/c1-17-12(16)10-4-5-11(15)14(10)8-9-3-2-6-13-7-9/h9-10,13H,2-8H2,1H3. The minimum absolute atomic E-state index is 0.0889. The van der Waals surface area contributed by atoms with Gasteiger partial charge in [0.1, 0.15) is 6.04 Å². The third kappa shape index (κ3) is 2.77. The van der Waals surface area contributed by atoms with Crippen molar-refractivity contribution < 1.29 is 14.3 Å². The van der Waals surface area contributed by atoms with Crippen LogP contribution in [0.1, 0.15) is 25.7 Å². The van der Waals surface area contributed by atoms with Gasteiger partial charge in [-0.15, -0.1) is 0 Å². The van der Waals surface area contributed by atoms with E-state index in [1.54, 1.807) is 4.90 Å². The Morgan fingerprint density at radius 2 is 2.35 bits per heavy atom. The molecule has 0 aliphatic carbocycles. The summed E-state index contributed by atoms with van der Waals surface area (Å²) in [6.07, 6.45) is 3.35. The van der Waals surface area contributed by atoms with Gasteiger partial charge in [-0.1, -0.05) is 0 Å². The van der Waals surface area contributed by atoms with E-state index in [1.165, 1.54) is 7.11 Å². The van der Waals surface area contributed by atoms with Crippen LogP contribution >= 0.6 is 0 Å². The molecular formula is C12H20N2O3. The monoisotopic (exact) mass is 240 g/mol. The van der Waals surface area contributed by atoms with Crippen molar-refractivity contribution in [3.63, 3.8) is 0 Å². The molecule has 5 nitrogen and oxygen atoms in total. The molecule has 0 bridgehead atoms. The first-order valence-corrected chi connectivity index (χ1v) is 6.30. The van der Waals surface area contributed by atoms with Gasteiger partial charge in [0.25, 0.3) is 0 Å². The first-order valence-electron chi connectivity index (χ1n) is 6.30. The fourth-order valence-corrected chi connectivity index (χ4v) is 2.70. The smallest absolute Gasteiger partial charge is 0.328 e. The Balaban J connectivity index is 1.95. The summed E-state index contributed by atoms with van der Waals surface area (Å²) in [5.41, 5.74) is 0. The van der Waals surface area contributed by atoms with Crippen molar-refractivity contribution in [1.29, 1.82) is 0 Å². The normalized spacial score (nSPS) is 29.5. The predicted molar refractivity (Wildman–Crippen MR) is 62.3 cm³/mol. The van der Waals surface area contributed by atoms with Gasteiger partial charge < -0.3 is 15.0 Å². The average Bonchev–Trinajstić information content (AvgIpc) is 2.72. The zero-order valence-corrected chi connectivity index (χ0v) is 10.3. The lowest BCUT2D eigenvalue weighted by molar-refractivity contribution is -0.149. The number of methoxy groups -OCH3 is 1. The molecule has 2 saturated heterocycles. The van der Waals surface area contributed by atoms with Crippen LogP contribution in [-0.4, -0.2) is 49.6 Å². The number of amides is 1. The summed E-state index contributed by atoms with van der Waals surface area (Å²) in [6, 6.07) is -0.352. The van der Waals surface area contributed by atoms with Crippen LogP contribution in [0.2, 0.25) is 0 Å². The number of ether oxygens (including phenoxy) is 1. The van der Waals surface area contributed by atoms with E-state index in [4.69, 9.17) is 4.74 Å². The number of hydrogen-bond donors (Lipinski definition) is 1. The van der Waals surface area contributed by atoms with Crippen LogP contribution in [-0.2, 0) is 14.3 Å². The Labute approximate surface area is 101 Å². The maximum absolute atomic E-state index is 11.8. The molecule has 2 aliphatic rings. The van der Waals surface area contributed by atoms with E-state index >= 15 is 0 Å². The van der Waals surface area contributed by atoms with Crippen LogP contribution in [0.3, 0.4) is 0 Å². The summed E-state index contributed by atoms with van der Waals surface area (Å²) >= 11 is 0. The quantitative estimate of drug-likeness (QED) is 0.713. The number of nitrogens with zero attached hydrogens (tertiary/aromatic N) is 1. The van der Waals surface area contributed by atoms with Crippen LogP contribution in [0.5, 0.6) is 0 Å². The summed E-state index contributed by atoms with van der Waals surface area (Å²) in [4.78, 5) is 25.1. The second-order valence-corrected chi connectivity index (χ2v) is 4.84. The van der Waals surface area contributed by atoms with Crippen molar-refractivity contribution in [2.45, 2.75) is 31.7 Å². The first kappa shape index (κ1) is 12.4. The molecule has 2 fully saturated rings. The fraction of sp³-hybridized carbons (Fsp3) is 0.833. The molecule has 5 heteroatoms. The average molecular weight is 240 g/mol. The molecule has 0 radical (unpaired) electrons. The summed E-state index contributed by atoms with van der Waals surface area (Å²) < 4.78 is 4.75. The molecule has 0 aromatic rings. The summed E-state index contributed by atoms with van der Waals surface area (Å²) in [5.74, 6) is 0.281. The molecular weight excluding hydrogens is 220 g/mol. The van der Waals surface area contributed by atoms with E-state index in [1.807, 2.05) is 0 Å². The van der Waals surface area contributed by atoms with Crippen molar-refractivity contribution >= 4 is 11.9 Å². The van der Waals surface area contributed by atoms with Crippen LogP contribution in [0.4, 0.5) is 0 Å². The van der Waals surface area contributed by atoms with Gasteiger partial charge >= 0.3 is 5.97 Å². The molecule has 0 aromatic carbocycles. The maximum atomic E-state index is 11.8. The second kappa shape index (κ2) is 5.49. The van der Waals surface area contributed by atoms with Crippen molar-refractivity contribution in [1.82, 2.24) is 10.2 Å². The zero-order valence-electron chi connectivity index (χ0n) is 10.3.